The third-order valence-corrected chi connectivity index (χ3v) is 0.750. The summed E-state index contributed by atoms with van der Waals surface area (Å²) in [6.45, 7) is 1.58. The molecule has 0 atom stereocenters. The van der Waals surface area contributed by atoms with E-state index in [-0.39, 0.29) is 6.61 Å². The molecule has 0 aromatic carbocycles. The number of aliphatic carboxylic acids is 2. The van der Waals surface area contributed by atoms with E-state index in [1.165, 1.54) is 6.92 Å². The minimum absolute atomic E-state index is 0.0626. The molecule has 11 heavy (non-hydrogen) atoms. The Morgan fingerprint density at radius 3 is 2.27 bits per heavy atom. The fourth-order valence-electron chi connectivity index (χ4n) is 0.422. The van der Waals surface area contributed by atoms with Gasteiger partial charge in [0, 0.05) is 6.08 Å². The third-order valence-electron chi connectivity index (χ3n) is 0.750. The highest BCUT2D eigenvalue weighted by atomic mass is 16.5. The molecule has 0 saturated heterocycles. The van der Waals surface area contributed by atoms with E-state index < -0.39 is 17.7 Å². The first-order chi connectivity index (χ1) is 5.07. The molecule has 5 heteroatoms. The molecule has 0 unspecified atom stereocenters. The highest BCUT2D eigenvalue weighted by Gasteiger charge is 1.96. The molecule has 0 fully saturated rings. The lowest BCUT2D eigenvalue weighted by Crippen LogP contribution is -2.29. The van der Waals surface area contributed by atoms with Gasteiger partial charge in [0.1, 0.15) is 11.7 Å². The quantitative estimate of drug-likeness (QED) is 0.330. The van der Waals surface area contributed by atoms with Crippen LogP contribution in [-0.2, 0) is 14.3 Å². The molecule has 0 heterocycles. The van der Waals surface area contributed by atoms with Crippen molar-refractivity contribution in [1.82, 2.24) is 0 Å². The van der Waals surface area contributed by atoms with E-state index in [1.807, 2.05) is 0 Å². The van der Waals surface area contributed by atoms with Crippen LogP contribution in [0.1, 0.15) is 6.92 Å². The molecule has 62 valence electrons. The number of carbonyl (C=O) groups excluding carboxylic acids is 2. The van der Waals surface area contributed by atoms with Crippen LogP contribution in [0.2, 0.25) is 0 Å². The molecule has 0 aliphatic rings. The highest BCUT2D eigenvalue weighted by Crippen LogP contribution is 1.93. The topological polar surface area (TPSA) is 89.5 Å². The van der Waals surface area contributed by atoms with Crippen LogP contribution >= 0.6 is 0 Å². The standard InChI is InChI=1S/C6H8O5/c1-2-11-4(6(9)10)3-5(7)8/h3H,2H2,1H3,(H,7,8)(H,9,10)/p-2/b4-3-. The van der Waals surface area contributed by atoms with Crippen molar-refractivity contribution in [2.45, 2.75) is 6.92 Å². The summed E-state index contributed by atoms with van der Waals surface area (Å²) in [6.07, 6.45) is 0.332. The second-order valence-corrected chi connectivity index (χ2v) is 1.55. The number of rotatable bonds is 4. The molecule has 0 spiro atoms. The van der Waals surface area contributed by atoms with Crippen LogP contribution in [0, 0.1) is 0 Å². The normalized spacial score (nSPS) is 10.8. The molecular formula is C6H6O5-2. The molecule has 0 radical (unpaired) electrons. The van der Waals surface area contributed by atoms with Gasteiger partial charge in [0.15, 0.2) is 0 Å². The van der Waals surface area contributed by atoms with E-state index in [2.05, 4.69) is 4.74 Å². The van der Waals surface area contributed by atoms with E-state index in [0.717, 1.165) is 0 Å². The molecule has 0 aromatic heterocycles. The maximum atomic E-state index is 10.0. The first kappa shape index (κ1) is 9.48. The molecule has 0 rings (SSSR count). The highest BCUT2D eigenvalue weighted by molar-refractivity contribution is 5.90. The van der Waals surface area contributed by atoms with Gasteiger partial charge in [0.05, 0.1) is 12.6 Å². The lowest BCUT2D eigenvalue weighted by molar-refractivity contribution is -0.306. The van der Waals surface area contributed by atoms with Crippen molar-refractivity contribution in [3.8, 4) is 0 Å². The summed E-state index contributed by atoms with van der Waals surface area (Å²) in [5.74, 6) is -4.03. The van der Waals surface area contributed by atoms with Crippen LogP contribution in [0.5, 0.6) is 0 Å². The summed E-state index contributed by atoms with van der Waals surface area (Å²) in [5.41, 5.74) is 0. The van der Waals surface area contributed by atoms with Gasteiger partial charge in [0.25, 0.3) is 0 Å². The van der Waals surface area contributed by atoms with Crippen molar-refractivity contribution < 1.29 is 24.5 Å². The molecule has 0 amide bonds. The van der Waals surface area contributed by atoms with Crippen LogP contribution in [0.3, 0.4) is 0 Å². The van der Waals surface area contributed by atoms with Crippen molar-refractivity contribution in [1.29, 1.82) is 0 Å². The number of ether oxygens (including phenoxy) is 1. The molecule has 0 N–H and O–H groups in total. The molecule has 0 aromatic rings. The Labute approximate surface area is 62.9 Å². The largest absolute Gasteiger partial charge is 0.545 e. The van der Waals surface area contributed by atoms with Crippen molar-refractivity contribution in [3.63, 3.8) is 0 Å². The van der Waals surface area contributed by atoms with Gasteiger partial charge in [-0.05, 0) is 6.92 Å². The van der Waals surface area contributed by atoms with Crippen LogP contribution in [0.25, 0.3) is 0 Å². The maximum Gasteiger partial charge on any atom is 0.143 e. The fraction of sp³-hybridized carbons (Fsp3) is 0.333. The predicted octanol–water partition coefficient (Wildman–Crippen LogP) is -2.59. The van der Waals surface area contributed by atoms with E-state index in [4.69, 9.17) is 0 Å². The van der Waals surface area contributed by atoms with Crippen LogP contribution in [-0.4, -0.2) is 18.5 Å². The van der Waals surface area contributed by atoms with Crippen molar-refractivity contribution in [2.24, 2.45) is 0 Å². The third kappa shape index (κ3) is 3.96. The smallest absolute Gasteiger partial charge is 0.143 e. The average Bonchev–Trinajstić information content (AvgIpc) is 1.86. The molecule has 0 bridgehead atoms. The number of carboxylic acids is 2. The molecule has 0 saturated carbocycles. The maximum absolute atomic E-state index is 10.0. The summed E-state index contributed by atoms with van der Waals surface area (Å²) in [5, 5.41) is 19.9. The Kier molecular flexibility index (Phi) is 3.72. The first-order valence-electron chi connectivity index (χ1n) is 2.84. The van der Waals surface area contributed by atoms with E-state index >= 15 is 0 Å². The predicted molar refractivity (Wildman–Crippen MR) is 29.7 cm³/mol. The second kappa shape index (κ2) is 4.32. The number of hydrogen-bond acceptors (Lipinski definition) is 5. The van der Waals surface area contributed by atoms with Gasteiger partial charge in [-0.1, -0.05) is 0 Å². The van der Waals surface area contributed by atoms with Gasteiger partial charge in [-0.25, -0.2) is 0 Å². The molecular weight excluding hydrogens is 152 g/mol. The second-order valence-electron chi connectivity index (χ2n) is 1.55. The van der Waals surface area contributed by atoms with Gasteiger partial charge >= 0.3 is 0 Å². The zero-order chi connectivity index (χ0) is 8.85. The van der Waals surface area contributed by atoms with Gasteiger partial charge in [-0.15, -0.1) is 0 Å². The lowest BCUT2D eigenvalue weighted by atomic mass is 10.4. The molecule has 0 aliphatic carbocycles. The van der Waals surface area contributed by atoms with Gasteiger partial charge in [-0.3, -0.25) is 0 Å². The van der Waals surface area contributed by atoms with Crippen molar-refractivity contribution in [2.75, 3.05) is 6.61 Å². The van der Waals surface area contributed by atoms with Crippen LogP contribution in [0.4, 0.5) is 0 Å². The van der Waals surface area contributed by atoms with E-state index in [9.17, 15) is 19.8 Å². The first-order valence-corrected chi connectivity index (χ1v) is 2.84. The van der Waals surface area contributed by atoms with Crippen LogP contribution < -0.4 is 10.2 Å². The number of hydrogen-bond donors (Lipinski definition) is 0. The van der Waals surface area contributed by atoms with Crippen LogP contribution in [0.15, 0.2) is 11.8 Å². The molecule has 5 nitrogen and oxygen atoms in total. The zero-order valence-corrected chi connectivity index (χ0v) is 5.83. The number of carbonyl (C=O) groups is 2. The summed E-state index contributed by atoms with van der Waals surface area (Å²) in [4.78, 5) is 19.9. The fourth-order valence-corrected chi connectivity index (χ4v) is 0.422. The van der Waals surface area contributed by atoms with Gasteiger partial charge in [0.2, 0.25) is 0 Å². The molecule has 0 aliphatic heterocycles. The van der Waals surface area contributed by atoms with Gasteiger partial charge < -0.3 is 24.5 Å². The summed E-state index contributed by atoms with van der Waals surface area (Å²) >= 11 is 0. The Morgan fingerprint density at radius 1 is 1.45 bits per heavy atom. The lowest BCUT2D eigenvalue weighted by Gasteiger charge is -2.08. The van der Waals surface area contributed by atoms with E-state index in [1.54, 1.807) is 0 Å². The van der Waals surface area contributed by atoms with E-state index in [0.29, 0.717) is 6.08 Å². The minimum atomic E-state index is -1.67. The van der Waals surface area contributed by atoms with Crippen molar-refractivity contribution >= 4 is 11.9 Å². The summed E-state index contributed by atoms with van der Waals surface area (Å²) in [6, 6.07) is 0. The monoisotopic (exact) mass is 158 g/mol. The SMILES string of the molecule is CCO/C(=C\C(=O)[O-])C(=O)[O-]. The Balaban J connectivity index is 4.32. The van der Waals surface area contributed by atoms with Gasteiger partial charge in [-0.2, -0.15) is 0 Å². The average molecular weight is 158 g/mol. The summed E-state index contributed by atoms with van der Waals surface area (Å²) in [7, 11) is 0. The zero-order valence-electron chi connectivity index (χ0n) is 5.83. The minimum Gasteiger partial charge on any atom is -0.545 e. The summed E-state index contributed by atoms with van der Waals surface area (Å²) < 4.78 is 4.39. The Bertz CT molecular complexity index is 193. The van der Waals surface area contributed by atoms with Crippen molar-refractivity contribution in [3.05, 3.63) is 11.8 Å². The Morgan fingerprint density at radius 2 is 2.00 bits per heavy atom. The number of carboxylic acid groups (broad SMARTS) is 2. The Hall–Kier alpha value is -1.52.